The van der Waals surface area contributed by atoms with Crippen LogP contribution in [0.5, 0.6) is 11.5 Å². The number of hydrogen-bond donors (Lipinski definition) is 1. The summed E-state index contributed by atoms with van der Waals surface area (Å²) < 4.78 is 105. The van der Waals surface area contributed by atoms with Crippen molar-refractivity contribution >= 4 is 27.8 Å². The van der Waals surface area contributed by atoms with Crippen LogP contribution < -0.4 is 14.9 Å². The molecule has 1 N–H and O–H groups in total. The van der Waals surface area contributed by atoms with Crippen LogP contribution in [-0.2, 0) is 12.8 Å². The molecule has 12 heteroatoms. The second kappa shape index (κ2) is 10.3. The molecule has 4 nitrogen and oxygen atoms in total. The summed E-state index contributed by atoms with van der Waals surface area (Å²) >= 11 is 3.31. The van der Waals surface area contributed by atoms with Gasteiger partial charge in [-0.25, -0.2) is 17.6 Å². The highest BCUT2D eigenvalue weighted by Gasteiger charge is 2.42. The topological polar surface area (TPSA) is 42.8 Å². The van der Waals surface area contributed by atoms with Gasteiger partial charge in [0, 0.05) is 0 Å². The summed E-state index contributed by atoms with van der Waals surface area (Å²) in [4.78, 5) is 0. The molecule has 3 aromatic rings. The zero-order chi connectivity index (χ0) is 25.0. The fourth-order valence-corrected chi connectivity index (χ4v) is 3.41. The van der Waals surface area contributed by atoms with Crippen molar-refractivity contribution in [2.45, 2.75) is 12.8 Å². The van der Waals surface area contributed by atoms with Gasteiger partial charge in [0.2, 0.25) is 0 Å². The minimum atomic E-state index is -5.63. The molecular weight excluding hydrogens is 537 g/mol. The summed E-state index contributed by atoms with van der Waals surface area (Å²) in [5, 5.41) is 3.46. The van der Waals surface area contributed by atoms with Crippen molar-refractivity contribution in [3.63, 3.8) is 0 Å². The third kappa shape index (κ3) is 5.44. The summed E-state index contributed by atoms with van der Waals surface area (Å²) in [5.74, 6) is -9.11. The Balaban J connectivity index is 1.83. The number of halogens is 8. The maximum atomic E-state index is 14.0. The van der Waals surface area contributed by atoms with Gasteiger partial charge >= 0.3 is 6.18 Å². The van der Waals surface area contributed by atoms with E-state index in [2.05, 4.69) is 21.0 Å². The molecular formula is C22H14BrF7N2O2. The number of nitrogens with one attached hydrogen (secondary N) is 1. The highest BCUT2D eigenvalue weighted by atomic mass is 79.9. The van der Waals surface area contributed by atoms with E-state index >= 15 is 0 Å². The van der Waals surface area contributed by atoms with Crippen LogP contribution in [0.2, 0.25) is 0 Å². The third-order valence-electron chi connectivity index (χ3n) is 4.41. The smallest absolute Gasteiger partial charge is 0.422 e. The second-order valence-electron chi connectivity index (χ2n) is 6.68. The number of methoxy groups -OCH3 is 1. The first-order valence-electron chi connectivity index (χ1n) is 9.31. The Labute approximate surface area is 197 Å². The molecule has 0 amide bonds. The number of hydrogen-bond acceptors (Lipinski definition) is 4. The molecule has 0 bridgehead atoms. The number of rotatable bonds is 7. The number of hydrazone groups is 1. The predicted octanol–water partition coefficient (Wildman–Crippen LogP) is 7.06. The van der Waals surface area contributed by atoms with Crippen molar-refractivity contribution in [3.05, 3.63) is 86.9 Å². The van der Waals surface area contributed by atoms with Gasteiger partial charge in [-0.05, 0) is 39.2 Å². The van der Waals surface area contributed by atoms with E-state index in [-0.39, 0.29) is 17.9 Å². The monoisotopic (exact) mass is 550 g/mol. The standard InChI is InChI=1S/C22H14BrF7N2O2/c1-33-14-8-12(7-13(23)21(14)34-10-11-5-3-2-4-6-11)9-31-32-20-18(26)16(24)15(22(28,29)30)17(25)19(20)27/h2-9,32H,10H2,1H3/b31-9-. The SMILES string of the molecule is COc1cc(/C=N\Nc2c(F)c(F)c(C(F)(F)F)c(F)c2F)cc(Br)c1OCc1ccccc1. The van der Waals surface area contributed by atoms with Gasteiger partial charge in [0.05, 0.1) is 17.8 Å². The van der Waals surface area contributed by atoms with E-state index in [9.17, 15) is 30.7 Å². The Hall–Kier alpha value is -3.28. The minimum Gasteiger partial charge on any atom is -0.493 e. The molecule has 0 aliphatic rings. The Morgan fingerprint density at radius 2 is 1.59 bits per heavy atom. The number of alkyl halides is 3. The molecule has 0 aliphatic heterocycles. The summed E-state index contributed by atoms with van der Waals surface area (Å²) in [6, 6.07) is 12.2. The molecule has 0 atom stereocenters. The Morgan fingerprint density at radius 3 is 2.15 bits per heavy atom. The summed E-state index contributed by atoms with van der Waals surface area (Å²) in [7, 11) is 1.37. The lowest BCUT2D eigenvalue weighted by molar-refractivity contribution is -0.143. The first kappa shape index (κ1) is 25.3. The fraction of sp³-hybridized carbons (Fsp3) is 0.136. The first-order valence-corrected chi connectivity index (χ1v) is 10.1. The molecule has 0 unspecified atom stereocenters. The largest absolute Gasteiger partial charge is 0.493 e. The van der Waals surface area contributed by atoms with Crippen LogP contribution in [0, 0.1) is 23.3 Å². The molecule has 0 spiro atoms. The van der Waals surface area contributed by atoms with Crippen molar-refractivity contribution < 1.29 is 40.2 Å². The minimum absolute atomic E-state index is 0.231. The van der Waals surface area contributed by atoms with E-state index in [1.54, 1.807) is 5.43 Å². The Kier molecular flexibility index (Phi) is 7.70. The highest BCUT2D eigenvalue weighted by molar-refractivity contribution is 9.10. The summed E-state index contributed by atoms with van der Waals surface area (Å²) in [6.07, 6.45) is -4.63. The molecule has 3 rings (SSSR count). The molecule has 3 aromatic carbocycles. The second-order valence-corrected chi connectivity index (χ2v) is 7.54. The van der Waals surface area contributed by atoms with Crippen LogP contribution in [0.3, 0.4) is 0 Å². The van der Waals surface area contributed by atoms with Gasteiger partial charge in [0.1, 0.15) is 17.9 Å². The molecule has 34 heavy (non-hydrogen) atoms. The Bertz CT molecular complexity index is 1190. The van der Waals surface area contributed by atoms with E-state index < -0.39 is 40.7 Å². The van der Waals surface area contributed by atoms with Crippen LogP contribution in [0.15, 0.2) is 52.0 Å². The first-order chi connectivity index (χ1) is 16.0. The molecule has 0 fully saturated rings. The van der Waals surface area contributed by atoms with Gasteiger partial charge in [-0.3, -0.25) is 5.43 Å². The Morgan fingerprint density at radius 1 is 0.971 bits per heavy atom. The van der Waals surface area contributed by atoms with Crippen LogP contribution in [0.1, 0.15) is 16.7 Å². The molecule has 0 saturated carbocycles. The third-order valence-corrected chi connectivity index (χ3v) is 5.00. The van der Waals surface area contributed by atoms with Crippen molar-refractivity contribution in [1.29, 1.82) is 0 Å². The normalized spacial score (nSPS) is 11.7. The van der Waals surface area contributed by atoms with Gasteiger partial charge in [-0.2, -0.15) is 18.3 Å². The molecule has 0 aliphatic carbocycles. The van der Waals surface area contributed by atoms with Crippen molar-refractivity contribution in [2.24, 2.45) is 5.10 Å². The fourth-order valence-electron chi connectivity index (χ4n) is 2.83. The summed E-state index contributed by atoms with van der Waals surface area (Å²) in [6.45, 7) is 0.231. The molecule has 0 saturated heterocycles. The maximum absolute atomic E-state index is 14.0. The van der Waals surface area contributed by atoms with Crippen molar-refractivity contribution in [1.82, 2.24) is 0 Å². The van der Waals surface area contributed by atoms with Gasteiger partial charge in [-0.15, -0.1) is 0 Å². The zero-order valence-corrected chi connectivity index (χ0v) is 18.7. The molecule has 0 heterocycles. The van der Waals surface area contributed by atoms with Crippen molar-refractivity contribution in [2.75, 3.05) is 12.5 Å². The van der Waals surface area contributed by atoms with Crippen LogP contribution in [0.25, 0.3) is 0 Å². The number of anilines is 1. The van der Waals surface area contributed by atoms with E-state index in [0.29, 0.717) is 10.2 Å². The molecule has 0 aromatic heterocycles. The predicted molar refractivity (Wildman–Crippen MR) is 114 cm³/mol. The van der Waals surface area contributed by atoms with Gasteiger partial charge in [0.25, 0.3) is 0 Å². The zero-order valence-electron chi connectivity index (χ0n) is 17.1. The van der Waals surface area contributed by atoms with Gasteiger partial charge < -0.3 is 9.47 Å². The summed E-state index contributed by atoms with van der Waals surface area (Å²) in [5.41, 5.74) is -1.31. The average molecular weight is 551 g/mol. The number of nitrogens with zero attached hydrogens (tertiary/aromatic N) is 1. The van der Waals surface area contributed by atoms with Gasteiger partial charge in [-0.1, -0.05) is 30.3 Å². The lowest BCUT2D eigenvalue weighted by atomic mass is 10.1. The average Bonchev–Trinajstić information content (AvgIpc) is 2.78. The van der Waals surface area contributed by atoms with E-state index in [1.807, 2.05) is 30.3 Å². The van der Waals surface area contributed by atoms with Crippen LogP contribution in [0.4, 0.5) is 36.4 Å². The lowest BCUT2D eigenvalue weighted by Crippen LogP contribution is -2.16. The van der Waals surface area contributed by atoms with E-state index in [4.69, 9.17) is 9.47 Å². The van der Waals surface area contributed by atoms with E-state index in [1.165, 1.54) is 19.2 Å². The van der Waals surface area contributed by atoms with E-state index in [0.717, 1.165) is 11.8 Å². The van der Waals surface area contributed by atoms with Crippen LogP contribution in [-0.4, -0.2) is 13.3 Å². The van der Waals surface area contributed by atoms with Crippen molar-refractivity contribution in [3.8, 4) is 11.5 Å². The van der Waals surface area contributed by atoms with Crippen LogP contribution >= 0.6 is 15.9 Å². The maximum Gasteiger partial charge on any atom is 0.422 e. The molecule has 0 radical (unpaired) electrons. The number of benzene rings is 3. The lowest BCUT2D eigenvalue weighted by Gasteiger charge is -2.14. The van der Waals surface area contributed by atoms with Gasteiger partial charge in [0.15, 0.2) is 34.8 Å². The quantitative estimate of drug-likeness (QED) is 0.148. The highest BCUT2D eigenvalue weighted by Crippen LogP contribution is 2.39. The molecule has 180 valence electrons. The number of ether oxygens (including phenoxy) is 2.